The van der Waals surface area contributed by atoms with Crippen LogP contribution < -0.4 is 9.47 Å². The van der Waals surface area contributed by atoms with Gasteiger partial charge in [0.1, 0.15) is 11.5 Å². The first-order valence-electron chi connectivity index (χ1n) is 5.51. The van der Waals surface area contributed by atoms with Crippen LogP contribution in [0.15, 0.2) is 42.5 Å². The summed E-state index contributed by atoms with van der Waals surface area (Å²) in [6.07, 6.45) is 0. The van der Waals surface area contributed by atoms with E-state index in [1.165, 1.54) is 0 Å². The topological polar surface area (TPSA) is 42.2 Å². The third-order valence-corrected chi connectivity index (χ3v) is 2.75. The molecule has 0 aliphatic rings. The summed E-state index contributed by atoms with van der Waals surface area (Å²) >= 11 is 0. The molecule has 0 aliphatic heterocycles. The molecule has 0 saturated carbocycles. The highest BCUT2D eigenvalue weighted by Gasteiger charge is 2.10. The molecule has 0 bridgehead atoms. The third kappa shape index (κ3) is 2.14. The first-order chi connectivity index (χ1) is 8.80. The highest BCUT2D eigenvalue weighted by Crippen LogP contribution is 2.34. The highest BCUT2D eigenvalue weighted by atomic mass is 16.5. The van der Waals surface area contributed by atoms with Crippen molar-refractivity contribution in [2.45, 2.75) is 0 Å². The molecule has 18 heavy (non-hydrogen) atoms. The Morgan fingerprint density at radius 1 is 0.944 bits per heavy atom. The summed E-state index contributed by atoms with van der Waals surface area (Å²) in [7, 11) is 3.21. The van der Waals surface area contributed by atoms with E-state index in [4.69, 9.17) is 14.7 Å². The molecule has 2 aromatic carbocycles. The molecule has 2 rings (SSSR count). The Hall–Kier alpha value is -2.47. The molecule has 0 N–H and O–H groups in total. The molecule has 0 fully saturated rings. The number of ether oxygens (including phenoxy) is 2. The highest BCUT2D eigenvalue weighted by molar-refractivity contribution is 5.76. The Bertz CT molecular complexity index is 600. The Kier molecular flexibility index (Phi) is 3.49. The Labute approximate surface area is 106 Å². The zero-order valence-corrected chi connectivity index (χ0v) is 10.3. The van der Waals surface area contributed by atoms with Gasteiger partial charge in [0, 0.05) is 17.2 Å². The minimum absolute atomic E-state index is 0.626. The molecular formula is C15H13NO2. The fourth-order valence-corrected chi connectivity index (χ4v) is 1.84. The predicted octanol–water partition coefficient (Wildman–Crippen LogP) is 3.24. The maximum Gasteiger partial charge on any atom is 0.130 e. The van der Waals surface area contributed by atoms with Gasteiger partial charge >= 0.3 is 0 Å². The first kappa shape index (κ1) is 12.0. The summed E-state index contributed by atoms with van der Waals surface area (Å²) in [5.74, 6) is 1.42. The van der Waals surface area contributed by atoms with Gasteiger partial charge in [0.05, 0.1) is 25.9 Å². The van der Waals surface area contributed by atoms with Crippen molar-refractivity contribution in [1.29, 1.82) is 5.26 Å². The lowest BCUT2D eigenvalue weighted by molar-refractivity contribution is 0.395. The van der Waals surface area contributed by atoms with E-state index in [0.29, 0.717) is 11.3 Å². The van der Waals surface area contributed by atoms with Gasteiger partial charge in [-0.3, -0.25) is 0 Å². The zero-order valence-electron chi connectivity index (χ0n) is 10.3. The lowest BCUT2D eigenvalue weighted by Gasteiger charge is -2.11. The van der Waals surface area contributed by atoms with Gasteiger partial charge in [-0.1, -0.05) is 18.2 Å². The van der Waals surface area contributed by atoms with Crippen LogP contribution in [-0.4, -0.2) is 14.2 Å². The standard InChI is InChI=1S/C15H13NO2/c1-17-12-7-8-14(15(9-12)18-2)13-6-4-3-5-11(13)10-16/h3-9H,1-2H3. The van der Waals surface area contributed by atoms with E-state index in [-0.39, 0.29) is 0 Å². The Morgan fingerprint density at radius 3 is 2.39 bits per heavy atom. The van der Waals surface area contributed by atoms with E-state index < -0.39 is 0 Å². The van der Waals surface area contributed by atoms with Crippen molar-refractivity contribution in [3.63, 3.8) is 0 Å². The molecule has 0 aliphatic carbocycles. The summed E-state index contributed by atoms with van der Waals surface area (Å²) < 4.78 is 10.5. The molecule has 0 unspecified atom stereocenters. The number of rotatable bonds is 3. The van der Waals surface area contributed by atoms with Gasteiger partial charge in [0.2, 0.25) is 0 Å². The third-order valence-electron chi connectivity index (χ3n) is 2.75. The summed E-state index contributed by atoms with van der Waals surface area (Å²) in [6.45, 7) is 0. The van der Waals surface area contributed by atoms with E-state index in [0.717, 1.165) is 16.9 Å². The van der Waals surface area contributed by atoms with Gasteiger partial charge in [-0.25, -0.2) is 0 Å². The van der Waals surface area contributed by atoms with Crippen LogP contribution in [0.4, 0.5) is 0 Å². The van der Waals surface area contributed by atoms with E-state index in [9.17, 15) is 0 Å². The fourth-order valence-electron chi connectivity index (χ4n) is 1.84. The Balaban J connectivity index is 2.60. The maximum absolute atomic E-state index is 9.13. The second kappa shape index (κ2) is 5.24. The molecule has 3 nitrogen and oxygen atoms in total. The maximum atomic E-state index is 9.13. The number of hydrogen-bond acceptors (Lipinski definition) is 3. The molecule has 0 amide bonds. The predicted molar refractivity (Wildman–Crippen MR) is 69.7 cm³/mol. The smallest absolute Gasteiger partial charge is 0.130 e. The van der Waals surface area contributed by atoms with Crippen LogP contribution in [0.5, 0.6) is 11.5 Å². The van der Waals surface area contributed by atoms with Crippen molar-refractivity contribution in [2.75, 3.05) is 14.2 Å². The number of hydrogen-bond donors (Lipinski definition) is 0. The van der Waals surface area contributed by atoms with Crippen LogP contribution in [0.3, 0.4) is 0 Å². The van der Waals surface area contributed by atoms with E-state index in [2.05, 4.69) is 6.07 Å². The van der Waals surface area contributed by atoms with Crippen molar-refractivity contribution >= 4 is 0 Å². The average molecular weight is 239 g/mol. The summed E-state index contributed by atoms with van der Waals surface area (Å²) in [4.78, 5) is 0. The van der Waals surface area contributed by atoms with Crippen LogP contribution in [0.25, 0.3) is 11.1 Å². The van der Waals surface area contributed by atoms with E-state index >= 15 is 0 Å². The fraction of sp³-hybridized carbons (Fsp3) is 0.133. The molecule has 90 valence electrons. The van der Waals surface area contributed by atoms with Gasteiger partial charge in [-0.15, -0.1) is 0 Å². The van der Waals surface area contributed by atoms with Gasteiger partial charge in [0.15, 0.2) is 0 Å². The largest absolute Gasteiger partial charge is 0.497 e. The summed E-state index contributed by atoms with van der Waals surface area (Å²) in [6, 6.07) is 15.2. The summed E-state index contributed by atoms with van der Waals surface area (Å²) in [5, 5.41) is 9.13. The number of methoxy groups -OCH3 is 2. The molecule has 0 atom stereocenters. The zero-order chi connectivity index (χ0) is 13.0. The molecule has 2 aromatic rings. The van der Waals surface area contributed by atoms with Crippen LogP contribution in [-0.2, 0) is 0 Å². The number of nitrogens with zero attached hydrogens (tertiary/aromatic N) is 1. The quantitative estimate of drug-likeness (QED) is 0.825. The van der Waals surface area contributed by atoms with Crippen molar-refractivity contribution in [3.05, 3.63) is 48.0 Å². The summed E-state index contributed by atoms with van der Waals surface area (Å²) in [5.41, 5.74) is 2.37. The molecule has 0 spiro atoms. The van der Waals surface area contributed by atoms with Crippen molar-refractivity contribution < 1.29 is 9.47 Å². The van der Waals surface area contributed by atoms with Crippen LogP contribution in [0, 0.1) is 11.3 Å². The Morgan fingerprint density at radius 2 is 1.72 bits per heavy atom. The second-order valence-electron chi connectivity index (χ2n) is 3.72. The van der Waals surface area contributed by atoms with Gasteiger partial charge in [-0.2, -0.15) is 5.26 Å². The van der Waals surface area contributed by atoms with E-state index in [1.807, 2.05) is 36.4 Å². The average Bonchev–Trinajstić information content (AvgIpc) is 2.46. The molecule has 0 saturated heterocycles. The lowest BCUT2D eigenvalue weighted by Crippen LogP contribution is -1.92. The molecule has 0 radical (unpaired) electrons. The molecule has 3 heteroatoms. The van der Waals surface area contributed by atoms with Crippen LogP contribution in [0.2, 0.25) is 0 Å². The normalized spacial score (nSPS) is 9.61. The van der Waals surface area contributed by atoms with Gasteiger partial charge in [0.25, 0.3) is 0 Å². The SMILES string of the molecule is COc1ccc(-c2ccccc2C#N)c(OC)c1. The van der Waals surface area contributed by atoms with Gasteiger partial charge in [-0.05, 0) is 18.2 Å². The lowest BCUT2D eigenvalue weighted by atomic mass is 9.99. The number of benzene rings is 2. The monoisotopic (exact) mass is 239 g/mol. The van der Waals surface area contributed by atoms with Crippen molar-refractivity contribution in [2.24, 2.45) is 0 Å². The second-order valence-corrected chi connectivity index (χ2v) is 3.72. The van der Waals surface area contributed by atoms with Crippen LogP contribution >= 0.6 is 0 Å². The minimum Gasteiger partial charge on any atom is -0.497 e. The molecule has 0 heterocycles. The minimum atomic E-state index is 0.626. The van der Waals surface area contributed by atoms with Crippen LogP contribution in [0.1, 0.15) is 5.56 Å². The van der Waals surface area contributed by atoms with Crippen molar-refractivity contribution in [1.82, 2.24) is 0 Å². The number of nitriles is 1. The molecule has 0 aromatic heterocycles. The molecular weight excluding hydrogens is 226 g/mol. The van der Waals surface area contributed by atoms with Gasteiger partial charge < -0.3 is 9.47 Å². The van der Waals surface area contributed by atoms with Crippen molar-refractivity contribution in [3.8, 4) is 28.7 Å². The van der Waals surface area contributed by atoms with E-state index in [1.54, 1.807) is 20.3 Å². The first-order valence-corrected chi connectivity index (χ1v) is 5.51.